The average Bonchev–Trinajstić information content (AvgIpc) is 2.89. The van der Waals surface area contributed by atoms with E-state index in [-0.39, 0.29) is 10.8 Å². The topological polar surface area (TPSA) is 43.4 Å². The molecule has 0 aromatic carbocycles. The van der Waals surface area contributed by atoms with Gasteiger partial charge in [-0.3, -0.25) is 9.59 Å². The van der Waals surface area contributed by atoms with Crippen molar-refractivity contribution < 1.29 is 14.0 Å². The predicted molar refractivity (Wildman–Crippen MR) is 110 cm³/mol. The maximum Gasteiger partial charge on any atom is 0.183 e. The van der Waals surface area contributed by atoms with E-state index < -0.39 is 8.32 Å². The summed E-state index contributed by atoms with van der Waals surface area (Å²) in [5.41, 5.74) is 2.82. The van der Waals surface area contributed by atoms with Gasteiger partial charge >= 0.3 is 0 Å². The zero-order chi connectivity index (χ0) is 19.6. The summed E-state index contributed by atoms with van der Waals surface area (Å²) < 4.78 is 6.55. The van der Waals surface area contributed by atoms with Crippen LogP contribution in [0.5, 0.6) is 0 Å². The van der Waals surface area contributed by atoms with E-state index in [1.54, 1.807) is 0 Å². The molecule has 3 fully saturated rings. The molecule has 4 aliphatic carbocycles. The summed E-state index contributed by atoms with van der Waals surface area (Å²) in [5, 5.41) is 0. The van der Waals surface area contributed by atoms with E-state index >= 15 is 0 Å². The molecule has 3 nitrogen and oxygen atoms in total. The lowest BCUT2D eigenvalue weighted by Crippen LogP contribution is -2.54. The van der Waals surface area contributed by atoms with Crippen LogP contribution in [0, 0.1) is 28.6 Å². The van der Waals surface area contributed by atoms with Crippen molar-refractivity contribution in [2.24, 2.45) is 28.6 Å². The highest BCUT2D eigenvalue weighted by Crippen LogP contribution is 2.65. The fraction of sp³-hybridized carbons (Fsp3) is 0.826. The van der Waals surface area contributed by atoms with Gasteiger partial charge in [-0.15, -0.1) is 0 Å². The first-order valence-corrected chi connectivity index (χ1v) is 14.4. The molecular weight excluding hydrogens is 352 g/mol. The lowest BCUT2D eigenvalue weighted by Gasteiger charge is -2.58. The fourth-order valence-electron chi connectivity index (χ4n) is 7.08. The quantitative estimate of drug-likeness (QED) is 0.486. The Balaban J connectivity index is 1.75. The normalized spacial score (nSPS) is 42.0. The highest BCUT2D eigenvalue weighted by molar-refractivity contribution is 6.69. The minimum Gasteiger partial charge on any atom is -0.417 e. The molecule has 0 aromatic heterocycles. The van der Waals surface area contributed by atoms with Crippen molar-refractivity contribution in [1.82, 2.24) is 0 Å². The van der Waals surface area contributed by atoms with Gasteiger partial charge in [-0.25, -0.2) is 0 Å². The van der Waals surface area contributed by atoms with Gasteiger partial charge in [0.25, 0.3) is 0 Å². The van der Waals surface area contributed by atoms with Gasteiger partial charge in [0.2, 0.25) is 0 Å². The number of ketones is 2. The Morgan fingerprint density at radius 3 is 2.52 bits per heavy atom. The van der Waals surface area contributed by atoms with Crippen LogP contribution in [0.4, 0.5) is 0 Å². The van der Waals surface area contributed by atoms with Crippen molar-refractivity contribution in [3.05, 3.63) is 11.1 Å². The molecule has 3 saturated carbocycles. The van der Waals surface area contributed by atoms with E-state index in [0.717, 1.165) is 45.1 Å². The average molecular weight is 389 g/mol. The molecule has 27 heavy (non-hydrogen) atoms. The number of hydrogen-bond acceptors (Lipinski definition) is 3. The number of carbonyl (C=O) groups is 2. The van der Waals surface area contributed by atoms with Gasteiger partial charge in [-0.2, -0.15) is 0 Å². The van der Waals surface area contributed by atoms with Gasteiger partial charge in [0.1, 0.15) is 11.6 Å². The first-order valence-electron chi connectivity index (χ1n) is 10.9. The van der Waals surface area contributed by atoms with Gasteiger partial charge in [0.05, 0.1) is 0 Å². The molecule has 4 heteroatoms. The third-order valence-electron chi connectivity index (χ3n) is 8.50. The highest BCUT2D eigenvalue weighted by Gasteiger charge is 2.60. The van der Waals surface area contributed by atoms with Crippen LogP contribution in [0.3, 0.4) is 0 Å². The van der Waals surface area contributed by atoms with Crippen LogP contribution in [0.15, 0.2) is 11.1 Å². The SMILES string of the molecule is CC1=C2CC(=O)CC[C@]2(CO[Si](C)(C)C)[C@H]2CC[C@]3(C)C(=O)CC[C@H]3[C@@H]2C1. The fourth-order valence-corrected chi connectivity index (χ4v) is 7.77. The number of rotatable bonds is 3. The second kappa shape index (κ2) is 6.38. The molecule has 4 rings (SSSR count). The Labute approximate surface area is 165 Å². The summed E-state index contributed by atoms with van der Waals surface area (Å²) in [4.78, 5) is 25.0. The van der Waals surface area contributed by atoms with E-state index in [1.807, 2.05) is 0 Å². The summed E-state index contributed by atoms with van der Waals surface area (Å²) in [7, 11) is -1.63. The second-order valence-corrected chi connectivity index (χ2v) is 15.5. The summed E-state index contributed by atoms with van der Waals surface area (Å²) in [6.07, 6.45) is 7.41. The molecule has 0 aromatic rings. The van der Waals surface area contributed by atoms with Crippen molar-refractivity contribution in [2.75, 3.05) is 6.61 Å². The summed E-state index contributed by atoms with van der Waals surface area (Å²) in [6.45, 7) is 12.1. The molecule has 4 aliphatic rings. The highest BCUT2D eigenvalue weighted by atomic mass is 28.4. The number of allylic oxidation sites excluding steroid dienone is 1. The number of hydrogen-bond donors (Lipinski definition) is 0. The Kier molecular flexibility index (Phi) is 4.63. The molecule has 0 radical (unpaired) electrons. The molecular formula is C23H36O3Si. The Hall–Kier alpha value is -0.743. The van der Waals surface area contributed by atoms with Gasteiger partial charge < -0.3 is 4.43 Å². The molecule has 0 heterocycles. The Morgan fingerprint density at radius 1 is 1.07 bits per heavy atom. The lowest BCUT2D eigenvalue weighted by atomic mass is 9.46. The first-order chi connectivity index (χ1) is 12.6. The summed E-state index contributed by atoms with van der Waals surface area (Å²) in [6, 6.07) is 0. The van der Waals surface area contributed by atoms with E-state index in [4.69, 9.17) is 4.43 Å². The van der Waals surface area contributed by atoms with E-state index in [1.165, 1.54) is 11.1 Å². The van der Waals surface area contributed by atoms with E-state index in [0.29, 0.717) is 42.2 Å². The molecule has 0 spiro atoms. The van der Waals surface area contributed by atoms with Crippen LogP contribution in [-0.2, 0) is 14.0 Å². The monoisotopic (exact) mass is 388 g/mol. The second-order valence-electron chi connectivity index (χ2n) is 11.0. The van der Waals surface area contributed by atoms with Crippen molar-refractivity contribution in [2.45, 2.75) is 84.9 Å². The molecule has 0 saturated heterocycles. The molecule has 0 aliphatic heterocycles. The molecule has 0 amide bonds. The zero-order valence-electron chi connectivity index (χ0n) is 17.8. The molecule has 0 unspecified atom stereocenters. The van der Waals surface area contributed by atoms with Gasteiger partial charge in [-0.1, -0.05) is 18.1 Å². The minimum atomic E-state index is -1.63. The largest absolute Gasteiger partial charge is 0.417 e. The lowest BCUT2D eigenvalue weighted by molar-refractivity contribution is -0.133. The Morgan fingerprint density at radius 2 is 1.81 bits per heavy atom. The van der Waals surface area contributed by atoms with Crippen molar-refractivity contribution >= 4 is 19.9 Å². The number of Topliss-reactive ketones (excluding diaryl/α,β-unsaturated/α-hetero) is 2. The summed E-state index contributed by atoms with van der Waals surface area (Å²) >= 11 is 0. The van der Waals surface area contributed by atoms with Crippen LogP contribution in [0.2, 0.25) is 19.6 Å². The van der Waals surface area contributed by atoms with Crippen molar-refractivity contribution in [1.29, 1.82) is 0 Å². The third-order valence-corrected chi connectivity index (χ3v) is 9.51. The molecule has 5 atom stereocenters. The molecule has 0 bridgehead atoms. The van der Waals surface area contributed by atoms with Gasteiger partial charge in [0.15, 0.2) is 8.32 Å². The van der Waals surface area contributed by atoms with E-state index in [2.05, 4.69) is 33.5 Å². The number of carbonyl (C=O) groups excluding carboxylic acids is 2. The predicted octanol–water partition coefficient (Wildman–Crippen LogP) is 5.31. The van der Waals surface area contributed by atoms with E-state index in [9.17, 15) is 9.59 Å². The van der Waals surface area contributed by atoms with Gasteiger partial charge in [0, 0.05) is 36.7 Å². The van der Waals surface area contributed by atoms with Crippen LogP contribution in [0.25, 0.3) is 0 Å². The van der Waals surface area contributed by atoms with Crippen LogP contribution in [-0.4, -0.2) is 26.5 Å². The van der Waals surface area contributed by atoms with Gasteiger partial charge in [-0.05, 0) is 76.4 Å². The van der Waals surface area contributed by atoms with Crippen LogP contribution < -0.4 is 0 Å². The summed E-state index contributed by atoms with van der Waals surface area (Å²) in [5.74, 6) is 2.62. The smallest absolute Gasteiger partial charge is 0.183 e. The standard InChI is InChI=1S/C23H36O3Si/c1-15-12-17-18-6-7-21(25)22(18,2)10-9-19(17)23(14-26-27(3,4)5)11-8-16(24)13-20(15)23/h17-19H,6-14H2,1-5H3/t17-,18-,19-,22-,23-/m0/s1. The van der Waals surface area contributed by atoms with Crippen LogP contribution >= 0.6 is 0 Å². The number of fused-ring (bicyclic) bond motifs is 5. The maximum atomic E-state index is 12.7. The maximum absolute atomic E-state index is 12.7. The Bertz CT molecular complexity index is 703. The minimum absolute atomic E-state index is 0.0498. The van der Waals surface area contributed by atoms with Crippen LogP contribution in [0.1, 0.15) is 65.2 Å². The zero-order valence-corrected chi connectivity index (χ0v) is 18.8. The van der Waals surface area contributed by atoms with Crippen molar-refractivity contribution in [3.8, 4) is 0 Å². The third kappa shape index (κ3) is 3.02. The molecule has 150 valence electrons. The molecule has 0 N–H and O–H groups in total. The van der Waals surface area contributed by atoms with Crippen molar-refractivity contribution in [3.63, 3.8) is 0 Å². The first kappa shape index (κ1) is 19.6.